The van der Waals surface area contributed by atoms with Crippen LogP contribution < -0.4 is 43.5 Å². The molecule has 3 aromatic carbocycles. The van der Waals surface area contributed by atoms with Crippen molar-refractivity contribution in [3.8, 4) is 17.2 Å². The molecule has 0 aromatic heterocycles. The van der Waals surface area contributed by atoms with Gasteiger partial charge in [-0.1, -0.05) is 56.3 Å². The third-order valence-electron chi connectivity index (χ3n) is 4.67. The summed E-state index contributed by atoms with van der Waals surface area (Å²) in [6.07, 6.45) is 1.63. The van der Waals surface area contributed by atoms with Gasteiger partial charge >= 0.3 is 37.4 Å². The molecule has 3 aromatic rings. The van der Waals surface area contributed by atoms with Gasteiger partial charge in [0.15, 0.2) is 0 Å². The minimum Gasteiger partial charge on any atom is -0.736 e. The van der Waals surface area contributed by atoms with Crippen molar-refractivity contribution in [2.45, 2.75) is 26.7 Å². The monoisotopic (exact) mass is 446 g/mol. The van der Waals surface area contributed by atoms with Crippen molar-refractivity contribution in [2.75, 3.05) is 0 Å². The van der Waals surface area contributed by atoms with Crippen LogP contribution >= 0.6 is 7.82 Å². The average Bonchev–Trinajstić information content (AvgIpc) is 2.74. The number of phosphoric ester groups is 1. The zero-order chi connectivity index (χ0) is 21.6. The molecule has 1 unspecified atom stereocenters. The van der Waals surface area contributed by atoms with E-state index >= 15 is 0 Å². The van der Waals surface area contributed by atoms with E-state index in [-0.39, 0.29) is 46.8 Å². The summed E-state index contributed by atoms with van der Waals surface area (Å²) in [5, 5.41) is 9.55. The van der Waals surface area contributed by atoms with Gasteiger partial charge in [0.1, 0.15) is 17.2 Å². The number of para-hydroxylation sites is 1. The Kier molecular flexibility index (Phi) is 9.42. The van der Waals surface area contributed by atoms with Gasteiger partial charge in [0.2, 0.25) is 0 Å². The summed E-state index contributed by atoms with van der Waals surface area (Å²) in [6, 6.07) is 22.3. The summed E-state index contributed by atoms with van der Waals surface area (Å²) < 4.78 is 22.2. The molecule has 1 N–H and O–H groups in total. The summed E-state index contributed by atoms with van der Waals surface area (Å²) in [7, 11) is -4.55. The molecule has 31 heavy (non-hydrogen) atoms. The number of allylic oxidation sites excluding steroid dienone is 2. The molecule has 3 rings (SSSR count). The minimum absolute atomic E-state index is 0. The van der Waals surface area contributed by atoms with Gasteiger partial charge in [0.25, 0.3) is 0 Å². The van der Waals surface area contributed by atoms with E-state index in [9.17, 15) is 14.6 Å². The van der Waals surface area contributed by atoms with Gasteiger partial charge in [-0.25, -0.2) is 4.57 Å². The van der Waals surface area contributed by atoms with Crippen LogP contribution in [0.15, 0.2) is 78.9 Å². The maximum atomic E-state index is 12.2. The van der Waals surface area contributed by atoms with Crippen LogP contribution in [-0.4, -0.2) is 5.11 Å². The number of phenols is 1. The molecule has 0 saturated heterocycles. The third kappa shape index (κ3) is 6.99. The van der Waals surface area contributed by atoms with Gasteiger partial charge < -0.3 is 19.0 Å². The Balaban J connectivity index is 0.00000341. The van der Waals surface area contributed by atoms with Crippen LogP contribution in [0.5, 0.6) is 17.2 Å². The van der Waals surface area contributed by atoms with Gasteiger partial charge in [-0.2, -0.15) is 0 Å². The second-order valence-corrected chi connectivity index (χ2v) is 7.94. The van der Waals surface area contributed by atoms with E-state index < -0.39 is 7.82 Å². The number of aromatic hydroxyl groups is 1. The van der Waals surface area contributed by atoms with Gasteiger partial charge in [-0.15, -0.1) is 0 Å². The van der Waals surface area contributed by atoms with E-state index in [1.807, 2.05) is 24.3 Å². The molecule has 5 nitrogen and oxygen atoms in total. The molecule has 0 radical (unpaired) electrons. The second kappa shape index (κ2) is 11.6. The van der Waals surface area contributed by atoms with Crippen LogP contribution in [0.4, 0.5) is 0 Å². The van der Waals surface area contributed by atoms with Crippen molar-refractivity contribution >= 4 is 19.0 Å². The molecule has 0 saturated carbocycles. The standard InChI is InChI=1S/C24H25O5P.Na/c1-3-23(18-10-14-20(25)15-11-18)24(4-2)19-12-16-22(17-13-19)29-30(26,27)28-21-8-6-5-7-9-21;/h5-17,25H,3-4H2,1-2H3,(H,26,27);/q;+1/p-1/b24-23+;. The smallest absolute Gasteiger partial charge is 0.736 e. The summed E-state index contributed by atoms with van der Waals surface area (Å²) >= 11 is 0. The fraction of sp³-hybridized carbons (Fsp3) is 0.167. The van der Waals surface area contributed by atoms with Gasteiger partial charge in [0, 0.05) is 0 Å². The molecule has 1 atom stereocenters. The molecule has 0 aliphatic heterocycles. The molecule has 0 spiro atoms. The predicted molar refractivity (Wildman–Crippen MR) is 117 cm³/mol. The Bertz CT molecular complexity index is 1050. The third-order valence-corrected chi connectivity index (χ3v) is 5.54. The Hall–Kier alpha value is -2.01. The van der Waals surface area contributed by atoms with Crippen molar-refractivity contribution in [1.29, 1.82) is 0 Å². The Labute approximate surface area is 205 Å². The number of phenolic OH excluding ortho intramolecular Hbond substituents is 1. The molecular formula is C24H24NaO5P. The number of benzene rings is 3. The predicted octanol–water partition coefficient (Wildman–Crippen LogP) is 3.05. The molecule has 0 fully saturated rings. The van der Waals surface area contributed by atoms with Crippen LogP contribution in [0, 0.1) is 0 Å². The first-order chi connectivity index (χ1) is 14.4. The molecule has 0 bridgehead atoms. The zero-order valence-electron chi connectivity index (χ0n) is 17.9. The molecule has 0 aliphatic rings. The molecule has 7 heteroatoms. The van der Waals surface area contributed by atoms with Crippen LogP contribution in [-0.2, 0) is 4.57 Å². The summed E-state index contributed by atoms with van der Waals surface area (Å²) in [5.41, 5.74) is 4.36. The van der Waals surface area contributed by atoms with Crippen LogP contribution in [0.2, 0.25) is 0 Å². The molecule has 156 valence electrons. The van der Waals surface area contributed by atoms with Crippen molar-refractivity contribution in [2.24, 2.45) is 0 Å². The van der Waals surface area contributed by atoms with E-state index in [0.29, 0.717) is 0 Å². The van der Waals surface area contributed by atoms with Crippen molar-refractivity contribution < 1.29 is 53.2 Å². The van der Waals surface area contributed by atoms with Crippen LogP contribution in [0.1, 0.15) is 37.8 Å². The van der Waals surface area contributed by atoms with E-state index in [1.165, 1.54) is 5.57 Å². The summed E-state index contributed by atoms with van der Waals surface area (Å²) in [4.78, 5) is 12.2. The number of hydrogen-bond donors (Lipinski definition) is 1. The van der Waals surface area contributed by atoms with E-state index in [4.69, 9.17) is 9.05 Å². The quantitative estimate of drug-likeness (QED) is 0.327. The average molecular weight is 446 g/mol. The molecular weight excluding hydrogens is 422 g/mol. The normalized spacial score (nSPS) is 13.4. The Morgan fingerprint density at radius 3 is 1.65 bits per heavy atom. The fourth-order valence-electron chi connectivity index (χ4n) is 3.32. The van der Waals surface area contributed by atoms with Gasteiger partial charge in [-0.3, -0.25) is 0 Å². The van der Waals surface area contributed by atoms with Crippen molar-refractivity contribution in [3.63, 3.8) is 0 Å². The molecule has 0 amide bonds. The fourth-order valence-corrected chi connectivity index (χ4v) is 4.12. The minimum atomic E-state index is -4.55. The largest absolute Gasteiger partial charge is 1.00 e. The van der Waals surface area contributed by atoms with E-state index in [0.717, 1.165) is 29.5 Å². The van der Waals surface area contributed by atoms with Crippen molar-refractivity contribution in [3.05, 3.63) is 90.0 Å². The first-order valence-corrected chi connectivity index (χ1v) is 11.2. The number of phosphoric acid groups is 1. The number of hydrogen-bond acceptors (Lipinski definition) is 5. The first kappa shape index (κ1) is 25.3. The second-order valence-electron chi connectivity index (χ2n) is 6.68. The molecule has 0 heterocycles. The maximum absolute atomic E-state index is 12.2. The van der Waals surface area contributed by atoms with Crippen LogP contribution in [0.3, 0.4) is 0 Å². The van der Waals surface area contributed by atoms with Crippen molar-refractivity contribution in [1.82, 2.24) is 0 Å². The summed E-state index contributed by atoms with van der Waals surface area (Å²) in [5.74, 6) is 0.616. The summed E-state index contributed by atoms with van der Waals surface area (Å²) in [6.45, 7) is 4.17. The van der Waals surface area contributed by atoms with Crippen LogP contribution in [0.25, 0.3) is 11.1 Å². The van der Waals surface area contributed by atoms with Gasteiger partial charge in [0.05, 0.1) is 0 Å². The van der Waals surface area contributed by atoms with E-state index in [1.54, 1.807) is 54.6 Å². The van der Waals surface area contributed by atoms with E-state index in [2.05, 4.69) is 13.8 Å². The Morgan fingerprint density at radius 1 is 0.774 bits per heavy atom. The molecule has 0 aliphatic carbocycles. The topological polar surface area (TPSA) is 78.8 Å². The number of rotatable bonds is 8. The van der Waals surface area contributed by atoms with Gasteiger partial charge in [-0.05, 0) is 71.5 Å². The zero-order valence-corrected chi connectivity index (χ0v) is 20.8. The Morgan fingerprint density at radius 2 is 1.19 bits per heavy atom. The SMILES string of the molecule is CC/C(=C(/CC)c1ccc(OP(=O)([O-])Oc2ccccc2)cc1)c1ccc(O)cc1.[Na+]. The maximum Gasteiger partial charge on any atom is 1.00 e. The first-order valence-electron chi connectivity index (χ1n) is 9.79.